The molecule has 1 unspecified atom stereocenters. The second-order valence-electron chi connectivity index (χ2n) is 9.58. The minimum absolute atomic E-state index is 0. The largest absolute Gasteiger partial charge is 0.496 e. The molecule has 1 fully saturated rings. The Morgan fingerprint density at radius 2 is 1.89 bits per heavy atom. The van der Waals surface area contributed by atoms with Crippen molar-refractivity contribution in [3.8, 4) is 11.6 Å². The Morgan fingerprint density at radius 3 is 2.61 bits per heavy atom. The first-order chi connectivity index (χ1) is 18.0. The van der Waals surface area contributed by atoms with Crippen molar-refractivity contribution in [2.24, 2.45) is 0 Å². The van der Waals surface area contributed by atoms with Gasteiger partial charge in [0.15, 0.2) is 5.78 Å². The number of Topliss-reactive ketones (excluding diaryl/α,β-unsaturated/α-hetero) is 1. The molecule has 7 nitrogen and oxygen atoms in total. The number of ether oxygens (including phenoxy) is 2. The maximum absolute atomic E-state index is 12.2. The lowest BCUT2D eigenvalue weighted by atomic mass is 10.0. The molecular formula is C30H34N2O5S. The topological polar surface area (TPSA) is 110 Å². The number of ketones is 1. The Labute approximate surface area is 226 Å². The molecule has 0 amide bonds. The number of aromatic nitrogens is 2. The summed E-state index contributed by atoms with van der Waals surface area (Å²) >= 11 is 0. The van der Waals surface area contributed by atoms with E-state index < -0.39 is 10.8 Å². The lowest BCUT2D eigenvalue weighted by Gasteiger charge is -2.18. The Bertz CT molecular complexity index is 1400. The van der Waals surface area contributed by atoms with E-state index in [1.165, 1.54) is 0 Å². The number of methoxy groups -OCH3 is 1. The molecule has 3 aromatic rings. The van der Waals surface area contributed by atoms with Crippen LogP contribution in [0.15, 0.2) is 53.4 Å². The highest BCUT2D eigenvalue weighted by Crippen LogP contribution is 2.39. The lowest BCUT2D eigenvalue weighted by molar-refractivity contribution is 0.0987. The van der Waals surface area contributed by atoms with Crippen molar-refractivity contribution < 1.29 is 24.0 Å². The molecule has 38 heavy (non-hydrogen) atoms. The van der Waals surface area contributed by atoms with Crippen LogP contribution in [-0.4, -0.2) is 44.9 Å². The van der Waals surface area contributed by atoms with Gasteiger partial charge in [0.2, 0.25) is 5.88 Å². The third-order valence-electron chi connectivity index (χ3n) is 7.10. The molecule has 0 saturated heterocycles. The van der Waals surface area contributed by atoms with Crippen molar-refractivity contribution in [1.29, 1.82) is 0 Å². The fourth-order valence-corrected chi connectivity index (χ4v) is 5.69. The first-order valence-electron chi connectivity index (χ1n) is 12.9. The molecule has 1 aromatic heterocycles. The fraction of sp³-hybridized carbons (Fsp3) is 0.367. The summed E-state index contributed by atoms with van der Waals surface area (Å²) in [7, 11) is 0.552. The summed E-state index contributed by atoms with van der Waals surface area (Å²) in [6.07, 6.45) is 9.99. The number of nitrogens with zero attached hydrogens (tertiary/aromatic N) is 2. The van der Waals surface area contributed by atoms with Crippen molar-refractivity contribution in [2.75, 3.05) is 13.4 Å². The molecule has 0 bridgehead atoms. The number of hydrogen-bond acceptors (Lipinski definition) is 6. The fourth-order valence-electron chi connectivity index (χ4n) is 5.12. The van der Waals surface area contributed by atoms with Crippen LogP contribution in [0.1, 0.15) is 77.6 Å². The minimum Gasteiger partial charge on any atom is -0.496 e. The number of benzene rings is 2. The molecule has 0 radical (unpaired) electrons. The first-order valence-corrected chi connectivity index (χ1v) is 14.4. The molecule has 0 aliphatic heterocycles. The first kappa shape index (κ1) is 27.7. The summed E-state index contributed by atoms with van der Waals surface area (Å²) in [6, 6.07) is 13.4. The smallest absolute Gasteiger partial charge is 0.225 e. The number of carbonyl (C=O) groups is 1. The van der Waals surface area contributed by atoms with E-state index in [0.717, 1.165) is 58.5 Å². The summed E-state index contributed by atoms with van der Waals surface area (Å²) in [5.74, 6) is 2.03. The number of rotatable bonds is 9. The molecule has 5 rings (SSSR count). The average Bonchev–Trinajstić information content (AvgIpc) is 3.58. The van der Waals surface area contributed by atoms with Crippen LogP contribution in [0.5, 0.6) is 11.6 Å². The van der Waals surface area contributed by atoms with Crippen molar-refractivity contribution in [3.05, 3.63) is 82.3 Å². The van der Waals surface area contributed by atoms with E-state index >= 15 is 0 Å². The molecule has 2 aromatic carbocycles. The minimum atomic E-state index is -1.06. The predicted molar refractivity (Wildman–Crippen MR) is 149 cm³/mol. The van der Waals surface area contributed by atoms with Crippen LogP contribution < -0.4 is 9.47 Å². The van der Waals surface area contributed by atoms with E-state index in [-0.39, 0.29) is 17.4 Å². The molecule has 2 aliphatic rings. The summed E-state index contributed by atoms with van der Waals surface area (Å²) < 4.78 is 24.2. The highest BCUT2D eigenvalue weighted by Gasteiger charge is 2.28. The van der Waals surface area contributed by atoms with Gasteiger partial charge >= 0.3 is 0 Å². The number of fused-ring (bicyclic) bond motifs is 1. The van der Waals surface area contributed by atoms with Crippen LogP contribution >= 0.6 is 0 Å². The predicted octanol–water partition coefficient (Wildman–Crippen LogP) is 4.89. The van der Waals surface area contributed by atoms with Crippen molar-refractivity contribution >= 4 is 22.2 Å². The number of allylic oxidation sites excluding steroid dienone is 1. The zero-order valence-electron chi connectivity index (χ0n) is 22.1. The van der Waals surface area contributed by atoms with Crippen molar-refractivity contribution in [2.45, 2.75) is 62.9 Å². The van der Waals surface area contributed by atoms with Crippen molar-refractivity contribution in [1.82, 2.24) is 9.97 Å². The average molecular weight is 535 g/mol. The highest BCUT2D eigenvalue weighted by molar-refractivity contribution is 7.84. The van der Waals surface area contributed by atoms with Gasteiger partial charge in [-0.25, -0.2) is 4.98 Å². The SMILES string of the molecule is CCC(=O)c1ccc(Cc2nc3c(c(OC4CCCC4)n2)C(c2cccc(S(C)=O)c2)=CC3)c(OC)c1.O. The maximum Gasteiger partial charge on any atom is 0.225 e. The van der Waals surface area contributed by atoms with Crippen LogP contribution in [0.25, 0.3) is 5.57 Å². The quantitative estimate of drug-likeness (QED) is 0.362. The van der Waals surface area contributed by atoms with Crippen LogP contribution in [0, 0.1) is 0 Å². The van der Waals surface area contributed by atoms with Gasteiger partial charge in [-0.1, -0.05) is 37.3 Å². The Morgan fingerprint density at radius 1 is 1.11 bits per heavy atom. The Hall–Kier alpha value is -3.36. The standard InChI is InChI=1S/C30H32N2O4S.H2O/c1-4-26(33)20-12-13-21(27(17-20)35-2)18-28-31-25-15-14-24(19-8-7-11-23(16-19)37(3)34)29(25)30(32-28)36-22-9-5-6-10-22;/h7-8,11-14,16-17,22H,4-6,9-10,15,18H2,1-3H3;1H2. The third kappa shape index (κ3) is 5.71. The van der Waals surface area contributed by atoms with Gasteiger partial charge in [-0.05, 0) is 55.0 Å². The summed E-state index contributed by atoms with van der Waals surface area (Å²) in [4.78, 5) is 22.8. The maximum atomic E-state index is 12.2. The normalized spacial score (nSPS) is 15.4. The van der Waals surface area contributed by atoms with Crippen LogP contribution in [0.4, 0.5) is 0 Å². The second kappa shape index (κ2) is 12.0. The molecule has 200 valence electrons. The molecule has 1 saturated carbocycles. The van der Waals surface area contributed by atoms with Gasteiger partial charge in [-0.2, -0.15) is 4.98 Å². The third-order valence-corrected chi connectivity index (χ3v) is 8.02. The van der Waals surface area contributed by atoms with Crippen LogP contribution in [0.2, 0.25) is 0 Å². The highest BCUT2D eigenvalue weighted by atomic mass is 32.2. The lowest BCUT2D eigenvalue weighted by Crippen LogP contribution is -2.15. The van der Waals surface area contributed by atoms with Gasteiger partial charge in [0.1, 0.15) is 17.7 Å². The van der Waals surface area contributed by atoms with Crippen LogP contribution in [0.3, 0.4) is 0 Å². The van der Waals surface area contributed by atoms with Gasteiger partial charge in [0.25, 0.3) is 0 Å². The summed E-state index contributed by atoms with van der Waals surface area (Å²) in [5.41, 5.74) is 5.47. The van der Waals surface area contributed by atoms with E-state index in [2.05, 4.69) is 6.08 Å². The zero-order valence-corrected chi connectivity index (χ0v) is 22.9. The summed E-state index contributed by atoms with van der Waals surface area (Å²) in [5, 5.41) is 0. The van der Waals surface area contributed by atoms with Crippen molar-refractivity contribution in [3.63, 3.8) is 0 Å². The van der Waals surface area contributed by atoms with E-state index in [1.807, 2.05) is 43.3 Å². The van der Waals surface area contributed by atoms with Gasteiger partial charge in [0.05, 0.1) is 18.4 Å². The number of carbonyl (C=O) groups excluding carboxylic acids is 1. The van der Waals surface area contributed by atoms with E-state index in [4.69, 9.17) is 19.4 Å². The van der Waals surface area contributed by atoms with E-state index in [0.29, 0.717) is 42.3 Å². The van der Waals surface area contributed by atoms with Gasteiger partial charge < -0.3 is 14.9 Å². The zero-order chi connectivity index (χ0) is 25.9. The molecule has 1 heterocycles. The Kier molecular flexibility index (Phi) is 8.74. The molecule has 0 spiro atoms. The molecule has 2 N–H and O–H groups in total. The molecule has 1 atom stereocenters. The second-order valence-corrected chi connectivity index (χ2v) is 11.0. The van der Waals surface area contributed by atoms with Gasteiger partial charge in [0, 0.05) is 52.3 Å². The van der Waals surface area contributed by atoms with Gasteiger partial charge in [-0.3, -0.25) is 9.00 Å². The Balaban J connectivity index is 0.00000336. The molecule has 8 heteroatoms. The van der Waals surface area contributed by atoms with Gasteiger partial charge in [-0.15, -0.1) is 0 Å². The van der Waals surface area contributed by atoms with Crippen LogP contribution in [-0.2, 0) is 23.6 Å². The summed E-state index contributed by atoms with van der Waals surface area (Å²) in [6.45, 7) is 1.85. The molecular weight excluding hydrogens is 500 g/mol. The monoisotopic (exact) mass is 534 g/mol. The molecule has 2 aliphatic carbocycles. The van der Waals surface area contributed by atoms with E-state index in [9.17, 15) is 9.00 Å². The van der Waals surface area contributed by atoms with E-state index in [1.54, 1.807) is 19.4 Å². The number of hydrogen-bond donors (Lipinski definition) is 0.